The number of carbonyl (C=O) groups is 1. The van der Waals surface area contributed by atoms with Gasteiger partial charge < -0.3 is 9.64 Å². The maximum absolute atomic E-state index is 12.5. The summed E-state index contributed by atoms with van der Waals surface area (Å²) >= 11 is 0. The maximum Gasteiger partial charge on any atom is 0.317 e. The summed E-state index contributed by atoms with van der Waals surface area (Å²) in [4.78, 5) is 33.1. The number of nitrogens with zero attached hydrogens (tertiary/aromatic N) is 4. The average Bonchev–Trinajstić information content (AvgIpc) is 2.66. The van der Waals surface area contributed by atoms with Gasteiger partial charge in [-0.25, -0.2) is 9.97 Å². The molecule has 3 rings (SSSR count). The van der Waals surface area contributed by atoms with Crippen LogP contribution in [-0.4, -0.2) is 44.9 Å². The van der Waals surface area contributed by atoms with Crippen molar-refractivity contribution < 1.29 is 14.5 Å². The topological polar surface area (TPSA) is 98.5 Å². The summed E-state index contributed by atoms with van der Waals surface area (Å²) in [6.07, 6.45) is 4.67. The van der Waals surface area contributed by atoms with E-state index in [1.807, 2.05) is 19.9 Å². The lowest BCUT2D eigenvalue weighted by molar-refractivity contribution is -0.384. The molecule has 0 saturated carbocycles. The number of amides is 1. The molecule has 1 amide bonds. The molecule has 1 saturated heterocycles. The number of rotatable bonds is 5. The molecule has 1 fully saturated rings. The quantitative estimate of drug-likeness (QED) is 0.448. The van der Waals surface area contributed by atoms with Crippen LogP contribution in [0.4, 0.5) is 5.69 Å². The molecular formula is C20H22N4O4. The lowest BCUT2D eigenvalue weighted by Crippen LogP contribution is -2.44. The molecule has 1 aliphatic heterocycles. The number of nitro groups is 1. The normalized spacial score (nSPS) is 16.9. The third kappa shape index (κ3) is 5.12. The van der Waals surface area contributed by atoms with Crippen LogP contribution in [0.2, 0.25) is 0 Å². The van der Waals surface area contributed by atoms with E-state index >= 15 is 0 Å². The molecule has 2 aromatic rings. The summed E-state index contributed by atoms with van der Waals surface area (Å²) in [5, 5.41) is 10.7. The number of carbonyl (C=O) groups excluding carboxylic acids is 1. The van der Waals surface area contributed by atoms with Crippen molar-refractivity contribution in [3.05, 3.63) is 63.5 Å². The van der Waals surface area contributed by atoms with Crippen molar-refractivity contribution in [3.63, 3.8) is 0 Å². The summed E-state index contributed by atoms with van der Waals surface area (Å²) in [6, 6.07) is 8.28. The highest BCUT2D eigenvalue weighted by Crippen LogP contribution is 2.17. The first-order valence-electron chi connectivity index (χ1n) is 9.11. The lowest BCUT2D eigenvalue weighted by Gasteiger charge is -2.31. The van der Waals surface area contributed by atoms with Gasteiger partial charge in [-0.2, -0.15) is 0 Å². The van der Waals surface area contributed by atoms with E-state index in [2.05, 4.69) is 9.97 Å². The lowest BCUT2D eigenvalue weighted by atomic mass is 10.1. The van der Waals surface area contributed by atoms with E-state index in [4.69, 9.17) is 4.74 Å². The van der Waals surface area contributed by atoms with Crippen LogP contribution >= 0.6 is 0 Å². The van der Waals surface area contributed by atoms with Gasteiger partial charge in [0.05, 0.1) is 11.5 Å². The second-order valence-electron chi connectivity index (χ2n) is 6.78. The van der Waals surface area contributed by atoms with Crippen LogP contribution in [0.3, 0.4) is 0 Å². The Labute approximate surface area is 163 Å². The van der Waals surface area contributed by atoms with Gasteiger partial charge >= 0.3 is 6.01 Å². The zero-order valence-electron chi connectivity index (χ0n) is 15.9. The van der Waals surface area contributed by atoms with E-state index in [9.17, 15) is 14.9 Å². The van der Waals surface area contributed by atoms with Gasteiger partial charge in [-0.15, -0.1) is 0 Å². The first kappa shape index (κ1) is 19.5. The first-order valence-corrected chi connectivity index (χ1v) is 9.11. The van der Waals surface area contributed by atoms with Gasteiger partial charge in [-0.3, -0.25) is 14.9 Å². The number of nitro benzene ring substituents is 1. The highest BCUT2D eigenvalue weighted by atomic mass is 16.6. The highest BCUT2D eigenvalue weighted by molar-refractivity contribution is 5.91. The summed E-state index contributed by atoms with van der Waals surface area (Å²) in [5.41, 5.74) is 2.44. The van der Waals surface area contributed by atoms with Crippen molar-refractivity contribution in [2.24, 2.45) is 0 Å². The van der Waals surface area contributed by atoms with Crippen molar-refractivity contribution in [3.8, 4) is 6.01 Å². The van der Waals surface area contributed by atoms with Crippen LogP contribution < -0.4 is 4.74 Å². The smallest absolute Gasteiger partial charge is 0.317 e. The fourth-order valence-electron chi connectivity index (χ4n) is 3.11. The third-order valence-electron chi connectivity index (χ3n) is 4.45. The number of non-ortho nitro benzene ring substituents is 1. The molecule has 0 radical (unpaired) electrons. The third-order valence-corrected chi connectivity index (χ3v) is 4.45. The molecule has 0 N–H and O–H groups in total. The molecule has 1 aliphatic rings. The Hall–Kier alpha value is -3.29. The molecule has 0 spiro atoms. The summed E-state index contributed by atoms with van der Waals surface area (Å²) in [5.74, 6) is -0.118. The van der Waals surface area contributed by atoms with Crippen LogP contribution in [0.1, 0.15) is 29.8 Å². The molecule has 1 aromatic carbocycles. The van der Waals surface area contributed by atoms with E-state index in [0.29, 0.717) is 19.1 Å². The van der Waals surface area contributed by atoms with Gasteiger partial charge in [0.15, 0.2) is 0 Å². The Morgan fingerprint density at radius 2 is 1.93 bits per heavy atom. The Bertz CT molecular complexity index is 875. The molecule has 1 aromatic heterocycles. The van der Waals surface area contributed by atoms with Crippen molar-refractivity contribution >= 4 is 17.7 Å². The van der Waals surface area contributed by atoms with Crippen molar-refractivity contribution in [1.82, 2.24) is 14.9 Å². The summed E-state index contributed by atoms with van der Waals surface area (Å²) in [7, 11) is 0. The Balaban J connectivity index is 1.59. The fourth-order valence-corrected chi connectivity index (χ4v) is 3.11. The summed E-state index contributed by atoms with van der Waals surface area (Å²) in [6.45, 7) is 4.92. The predicted molar refractivity (Wildman–Crippen MR) is 104 cm³/mol. The Morgan fingerprint density at radius 1 is 1.25 bits per heavy atom. The fraction of sp³-hybridized carbons (Fsp3) is 0.350. The van der Waals surface area contributed by atoms with E-state index < -0.39 is 4.92 Å². The molecule has 8 nitrogen and oxygen atoms in total. The van der Waals surface area contributed by atoms with Crippen LogP contribution in [0.25, 0.3) is 6.08 Å². The molecule has 146 valence electrons. The van der Waals surface area contributed by atoms with E-state index in [-0.39, 0.29) is 17.7 Å². The largest absolute Gasteiger partial charge is 0.458 e. The molecular weight excluding hydrogens is 360 g/mol. The molecule has 28 heavy (non-hydrogen) atoms. The number of aryl methyl sites for hydroxylation is 2. The summed E-state index contributed by atoms with van der Waals surface area (Å²) < 4.78 is 5.89. The highest BCUT2D eigenvalue weighted by Gasteiger charge is 2.24. The number of hydrogen-bond donors (Lipinski definition) is 0. The predicted octanol–water partition coefficient (Wildman–Crippen LogP) is 3.08. The number of piperidine rings is 1. The van der Waals surface area contributed by atoms with Gasteiger partial charge in [0.25, 0.3) is 5.69 Å². The van der Waals surface area contributed by atoms with Crippen molar-refractivity contribution in [2.45, 2.75) is 32.8 Å². The van der Waals surface area contributed by atoms with Gasteiger partial charge in [0, 0.05) is 36.1 Å². The number of ether oxygens (including phenoxy) is 1. The van der Waals surface area contributed by atoms with Crippen molar-refractivity contribution in [2.75, 3.05) is 13.1 Å². The van der Waals surface area contributed by atoms with Gasteiger partial charge in [0.1, 0.15) is 6.10 Å². The SMILES string of the molecule is Cc1cc(C)nc(OC2CCCN(C(=O)/C=C/c3ccc([N+](=O)[O-])cc3)C2)n1. The van der Waals surface area contributed by atoms with Gasteiger partial charge in [-0.05, 0) is 56.5 Å². The number of aromatic nitrogens is 2. The number of hydrogen-bond acceptors (Lipinski definition) is 6. The van der Waals surface area contributed by atoms with Gasteiger partial charge in [-0.1, -0.05) is 0 Å². The molecule has 0 aliphatic carbocycles. The monoisotopic (exact) mass is 382 g/mol. The van der Waals surface area contributed by atoms with Crippen LogP contribution in [0, 0.1) is 24.0 Å². The maximum atomic E-state index is 12.5. The van der Waals surface area contributed by atoms with Crippen LogP contribution in [0.5, 0.6) is 6.01 Å². The van der Waals surface area contributed by atoms with E-state index in [1.54, 1.807) is 23.1 Å². The molecule has 2 heterocycles. The minimum Gasteiger partial charge on any atom is -0.458 e. The standard InChI is InChI=1S/C20H22N4O4/c1-14-12-15(2)22-20(21-14)28-18-4-3-11-23(13-18)19(25)10-7-16-5-8-17(9-6-16)24(26)27/h5-10,12,18H,3-4,11,13H2,1-2H3/b10-7+. The Kier molecular flexibility index (Phi) is 5.98. The Morgan fingerprint density at radius 3 is 2.57 bits per heavy atom. The molecule has 1 atom stereocenters. The van der Waals surface area contributed by atoms with Crippen molar-refractivity contribution in [1.29, 1.82) is 0 Å². The first-order chi connectivity index (χ1) is 13.4. The van der Waals surface area contributed by atoms with E-state index in [0.717, 1.165) is 29.8 Å². The minimum absolute atomic E-state index is 0.0214. The van der Waals surface area contributed by atoms with Gasteiger partial charge in [0.2, 0.25) is 5.91 Å². The minimum atomic E-state index is -0.452. The molecule has 8 heteroatoms. The zero-order chi connectivity index (χ0) is 20.1. The van der Waals surface area contributed by atoms with E-state index in [1.165, 1.54) is 18.2 Å². The number of likely N-dealkylation sites (tertiary alicyclic amines) is 1. The second-order valence-corrected chi connectivity index (χ2v) is 6.78. The van der Waals surface area contributed by atoms with Crippen LogP contribution in [0.15, 0.2) is 36.4 Å². The number of benzene rings is 1. The molecule has 0 bridgehead atoms. The second kappa shape index (κ2) is 8.60. The zero-order valence-corrected chi connectivity index (χ0v) is 15.9. The molecule has 1 unspecified atom stereocenters. The van der Waals surface area contributed by atoms with Crippen LogP contribution in [-0.2, 0) is 4.79 Å². The average molecular weight is 382 g/mol.